The first-order valence-corrected chi connectivity index (χ1v) is 8.38. The summed E-state index contributed by atoms with van der Waals surface area (Å²) < 4.78 is 5.55. The second-order valence-electron chi connectivity index (χ2n) is 5.62. The summed E-state index contributed by atoms with van der Waals surface area (Å²) in [5.74, 6) is 0.565. The van der Waals surface area contributed by atoms with Gasteiger partial charge in [-0.15, -0.1) is 0 Å². The summed E-state index contributed by atoms with van der Waals surface area (Å²) in [5, 5.41) is 6.52. The molecule has 0 aliphatic rings. The van der Waals surface area contributed by atoms with Gasteiger partial charge in [-0.2, -0.15) is 0 Å². The highest BCUT2D eigenvalue weighted by molar-refractivity contribution is 5.79. The first-order valence-electron chi connectivity index (χ1n) is 8.38. The van der Waals surface area contributed by atoms with Crippen LogP contribution in [0, 0.1) is 6.92 Å². The van der Waals surface area contributed by atoms with Crippen molar-refractivity contribution in [2.24, 2.45) is 5.16 Å². The quantitative estimate of drug-likeness (QED) is 0.433. The highest BCUT2D eigenvalue weighted by atomic mass is 16.6. The molecule has 0 heterocycles. The fourth-order valence-corrected chi connectivity index (χ4v) is 2.15. The molecule has 0 aromatic heterocycles. The van der Waals surface area contributed by atoms with E-state index in [1.165, 1.54) is 5.56 Å². The molecule has 0 atom stereocenters. The average Bonchev–Trinajstić information content (AvgIpc) is 2.63. The first-order chi connectivity index (χ1) is 12.2. The normalized spacial score (nSPS) is 10.6. The van der Waals surface area contributed by atoms with Gasteiger partial charge in [0.05, 0.1) is 12.8 Å². The standard InChI is InChI=1S/C20H24N2O3/c1-3-17-7-9-18(10-8-17)14-22-25-15-20(23)21-11-12-24-19-6-4-5-16(2)13-19/h4-10,13-14H,3,11-12,15H2,1-2H3,(H,21,23)/b22-14-. The fourth-order valence-electron chi connectivity index (χ4n) is 2.15. The Morgan fingerprint density at radius 1 is 1.20 bits per heavy atom. The van der Waals surface area contributed by atoms with Gasteiger partial charge < -0.3 is 14.9 Å². The molecule has 2 aromatic rings. The SMILES string of the molecule is CCc1ccc(/C=N\OCC(=O)NCCOc2cccc(C)c2)cc1. The summed E-state index contributed by atoms with van der Waals surface area (Å²) >= 11 is 0. The number of aryl methyl sites for hydroxylation is 2. The molecule has 0 unspecified atom stereocenters. The van der Waals surface area contributed by atoms with E-state index in [4.69, 9.17) is 9.57 Å². The van der Waals surface area contributed by atoms with Crippen molar-refractivity contribution in [1.82, 2.24) is 5.32 Å². The van der Waals surface area contributed by atoms with E-state index in [9.17, 15) is 4.79 Å². The number of hydrogen-bond acceptors (Lipinski definition) is 4. The van der Waals surface area contributed by atoms with Gasteiger partial charge in [0.25, 0.3) is 5.91 Å². The predicted octanol–water partition coefficient (Wildman–Crippen LogP) is 3.10. The molecule has 0 saturated heterocycles. The summed E-state index contributed by atoms with van der Waals surface area (Å²) in [4.78, 5) is 16.6. The maximum atomic E-state index is 11.6. The van der Waals surface area contributed by atoms with E-state index in [0.29, 0.717) is 13.2 Å². The predicted molar refractivity (Wildman–Crippen MR) is 99.0 cm³/mol. The van der Waals surface area contributed by atoms with Gasteiger partial charge in [0.15, 0.2) is 6.61 Å². The van der Waals surface area contributed by atoms with Gasteiger partial charge >= 0.3 is 0 Å². The minimum absolute atomic E-state index is 0.117. The van der Waals surface area contributed by atoms with Gasteiger partial charge in [-0.3, -0.25) is 4.79 Å². The Bertz CT molecular complexity index is 696. The monoisotopic (exact) mass is 340 g/mol. The van der Waals surface area contributed by atoms with Crippen LogP contribution in [0.25, 0.3) is 0 Å². The number of oxime groups is 1. The van der Waals surface area contributed by atoms with Crippen LogP contribution in [0.15, 0.2) is 53.7 Å². The molecule has 5 heteroatoms. The zero-order valence-corrected chi connectivity index (χ0v) is 14.7. The summed E-state index contributed by atoms with van der Waals surface area (Å²) in [6, 6.07) is 15.8. The summed E-state index contributed by atoms with van der Waals surface area (Å²) in [7, 11) is 0. The van der Waals surface area contributed by atoms with Crippen LogP contribution in [-0.2, 0) is 16.1 Å². The molecular weight excluding hydrogens is 316 g/mol. The van der Waals surface area contributed by atoms with Crippen molar-refractivity contribution >= 4 is 12.1 Å². The van der Waals surface area contributed by atoms with Gasteiger partial charge in [-0.25, -0.2) is 0 Å². The minimum atomic E-state index is -0.230. The van der Waals surface area contributed by atoms with E-state index >= 15 is 0 Å². The van der Waals surface area contributed by atoms with Crippen LogP contribution in [0.1, 0.15) is 23.6 Å². The molecule has 2 aromatic carbocycles. The summed E-state index contributed by atoms with van der Waals surface area (Å²) in [5.41, 5.74) is 3.34. The number of amides is 1. The van der Waals surface area contributed by atoms with Gasteiger partial charge in [-0.1, -0.05) is 48.5 Å². The Kier molecular flexibility index (Phi) is 7.50. The number of carbonyl (C=O) groups excluding carboxylic acids is 1. The number of carbonyl (C=O) groups is 1. The second-order valence-corrected chi connectivity index (χ2v) is 5.62. The molecule has 1 amide bonds. The van der Waals surface area contributed by atoms with Crippen molar-refractivity contribution in [3.05, 3.63) is 65.2 Å². The molecule has 5 nitrogen and oxygen atoms in total. The summed E-state index contributed by atoms with van der Waals surface area (Å²) in [6.45, 7) is 4.82. The zero-order chi connectivity index (χ0) is 17.9. The molecule has 2 rings (SSSR count). The Balaban J connectivity index is 1.59. The van der Waals surface area contributed by atoms with E-state index in [-0.39, 0.29) is 12.5 Å². The molecule has 0 fully saturated rings. The van der Waals surface area contributed by atoms with E-state index in [1.807, 2.05) is 55.5 Å². The Labute approximate surface area is 148 Å². The Morgan fingerprint density at radius 2 is 2.00 bits per heavy atom. The van der Waals surface area contributed by atoms with Crippen LogP contribution in [0.4, 0.5) is 0 Å². The number of ether oxygens (including phenoxy) is 1. The second kappa shape index (κ2) is 10.1. The Hall–Kier alpha value is -2.82. The third-order valence-corrected chi connectivity index (χ3v) is 3.54. The molecule has 132 valence electrons. The molecule has 1 N–H and O–H groups in total. The molecule has 25 heavy (non-hydrogen) atoms. The fraction of sp³-hybridized carbons (Fsp3) is 0.300. The lowest BCUT2D eigenvalue weighted by molar-refractivity contribution is -0.125. The van der Waals surface area contributed by atoms with E-state index in [0.717, 1.165) is 23.3 Å². The number of benzene rings is 2. The highest BCUT2D eigenvalue weighted by Gasteiger charge is 2.01. The van der Waals surface area contributed by atoms with Crippen molar-refractivity contribution in [3.63, 3.8) is 0 Å². The number of nitrogens with zero attached hydrogens (tertiary/aromatic N) is 1. The third kappa shape index (κ3) is 7.08. The van der Waals surface area contributed by atoms with Gasteiger partial charge in [0, 0.05) is 0 Å². The van der Waals surface area contributed by atoms with Gasteiger partial charge in [0.2, 0.25) is 0 Å². The maximum Gasteiger partial charge on any atom is 0.260 e. The molecule has 0 aliphatic carbocycles. The minimum Gasteiger partial charge on any atom is -0.492 e. The largest absolute Gasteiger partial charge is 0.492 e. The van der Waals surface area contributed by atoms with Gasteiger partial charge in [-0.05, 0) is 42.2 Å². The molecule has 0 aliphatic heterocycles. The van der Waals surface area contributed by atoms with Crippen LogP contribution in [0.5, 0.6) is 5.75 Å². The van der Waals surface area contributed by atoms with Crippen LogP contribution in [0.3, 0.4) is 0 Å². The average molecular weight is 340 g/mol. The molecule has 0 spiro atoms. The molecular formula is C20H24N2O3. The number of hydrogen-bond donors (Lipinski definition) is 1. The van der Waals surface area contributed by atoms with Crippen molar-refractivity contribution in [2.45, 2.75) is 20.3 Å². The maximum absolute atomic E-state index is 11.6. The van der Waals surface area contributed by atoms with Crippen molar-refractivity contribution in [2.75, 3.05) is 19.8 Å². The van der Waals surface area contributed by atoms with Crippen LogP contribution < -0.4 is 10.1 Å². The smallest absolute Gasteiger partial charge is 0.260 e. The molecule has 0 saturated carbocycles. The zero-order valence-electron chi connectivity index (χ0n) is 14.7. The molecule has 0 radical (unpaired) electrons. The lowest BCUT2D eigenvalue weighted by Crippen LogP contribution is -2.30. The third-order valence-electron chi connectivity index (χ3n) is 3.54. The van der Waals surface area contributed by atoms with Crippen LogP contribution in [0.2, 0.25) is 0 Å². The molecule has 0 bridgehead atoms. The van der Waals surface area contributed by atoms with E-state index in [2.05, 4.69) is 17.4 Å². The van der Waals surface area contributed by atoms with Crippen molar-refractivity contribution < 1.29 is 14.4 Å². The topological polar surface area (TPSA) is 59.9 Å². The van der Waals surface area contributed by atoms with Crippen LogP contribution >= 0.6 is 0 Å². The van der Waals surface area contributed by atoms with Gasteiger partial charge in [0.1, 0.15) is 12.4 Å². The lowest BCUT2D eigenvalue weighted by atomic mass is 10.1. The lowest BCUT2D eigenvalue weighted by Gasteiger charge is -2.07. The summed E-state index contributed by atoms with van der Waals surface area (Å²) in [6.07, 6.45) is 2.59. The van der Waals surface area contributed by atoms with E-state index in [1.54, 1.807) is 6.21 Å². The number of rotatable bonds is 9. The van der Waals surface area contributed by atoms with Crippen LogP contribution in [-0.4, -0.2) is 31.9 Å². The Morgan fingerprint density at radius 3 is 2.72 bits per heavy atom. The highest BCUT2D eigenvalue weighted by Crippen LogP contribution is 2.11. The number of nitrogens with one attached hydrogen (secondary N) is 1. The first kappa shape index (κ1) is 18.5. The van der Waals surface area contributed by atoms with Crippen molar-refractivity contribution in [3.8, 4) is 5.75 Å². The van der Waals surface area contributed by atoms with Crippen molar-refractivity contribution in [1.29, 1.82) is 0 Å². The van der Waals surface area contributed by atoms with E-state index < -0.39 is 0 Å².